The quantitative estimate of drug-likeness (QED) is 0.342. The van der Waals surface area contributed by atoms with E-state index in [1.807, 2.05) is 0 Å². The van der Waals surface area contributed by atoms with Crippen molar-refractivity contribution >= 4 is 35.1 Å². The summed E-state index contributed by atoms with van der Waals surface area (Å²) in [6, 6.07) is 0.381. The van der Waals surface area contributed by atoms with Crippen LogP contribution in [0.5, 0.6) is 5.75 Å². The number of piperidine rings is 1. The first-order valence-electron chi connectivity index (χ1n) is 8.67. The van der Waals surface area contributed by atoms with Crippen LogP contribution in [-0.4, -0.2) is 59.0 Å². The fraction of sp³-hybridized carbons (Fsp3) is 0.529. The van der Waals surface area contributed by atoms with Gasteiger partial charge in [0.1, 0.15) is 0 Å². The van der Waals surface area contributed by atoms with Gasteiger partial charge in [-0.2, -0.15) is 13.2 Å². The molecular formula is C17H18Cl2F4N2O5. The first-order chi connectivity index (χ1) is 13.9. The van der Waals surface area contributed by atoms with Crippen LogP contribution in [0.4, 0.5) is 17.6 Å². The molecule has 0 spiro atoms. The van der Waals surface area contributed by atoms with Gasteiger partial charge in [-0.3, -0.25) is 4.79 Å². The number of nitrogens with zero attached hydrogens (tertiary/aromatic N) is 1. The molecule has 0 aromatic heterocycles. The minimum absolute atomic E-state index is 0.0269. The summed E-state index contributed by atoms with van der Waals surface area (Å²) in [4.78, 5) is 24.3. The van der Waals surface area contributed by atoms with E-state index in [1.54, 1.807) is 0 Å². The van der Waals surface area contributed by atoms with Gasteiger partial charge in [0, 0.05) is 24.7 Å². The second-order valence-corrected chi connectivity index (χ2v) is 7.47. The van der Waals surface area contributed by atoms with E-state index in [0.717, 1.165) is 4.90 Å². The molecule has 4 N–H and O–H groups in total. The number of hydrogen-bond acceptors (Lipinski definition) is 6. The summed E-state index contributed by atoms with van der Waals surface area (Å²) in [6.07, 6.45) is -6.79. The molecule has 1 heterocycles. The number of carbonyl (C=O) groups excluding carboxylic acids is 2. The largest absolute Gasteiger partial charge is 0.505 e. The van der Waals surface area contributed by atoms with Gasteiger partial charge in [-0.1, -0.05) is 23.2 Å². The summed E-state index contributed by atoms with van der Waals surface area (Å²) in [5.74, 6) is -5.74. The van der Waals surface area contributed by atoms with Crippen LogP contribution in [0.3, 0.4) is 0 Å². The number of hydrogen-bond donors (Lipinski definition) is 3. The van der Waals surface area contributed by atoms with Crippen molar-refractivity contribution in [3.8, 4) is 5.75 Å². The third-order valence-corrected chi connectivity index (χ3v) is 5.57. The molecule has 30 heavy (non-hydrogen) atoms. The van der Waals surface area contributed by atoms with Crippen LogP contribution in [-0.2, 0) is 14.3 Å². The van der Waals surface area contributed by atoms with Crippen LogP contribution >= 0.6 is 23.2 Å². The lowest BCUT2D eigenvalue weighted by molar-refractivity contribution is -0.208. The Kier molecular flexibility index (Phi) is 7.78. The number of phenols is 1. The van der Waals surface area contributed by atoms with Crippen LogP contribution in [0.25, 0.3) is 0 Å². The van der Waals surface area contributed by atoms with Crippen molar-refractivity contribution in [3.05, 3.63) is 27.5 Å². The Morgan fingerprint density at radius 3 is 2.37 bits per heavy atom. The van der Waals surface area contributed by atoms with Crippen LogP contribution in [0, 0.1) is 11.7 Å². The summed E-state index contributed by atoms with van der Waals surface area (Å²) in [7, 11) is 0. The molecule has 2 atom stereocenters. The topological polar surface area (TPSA) is 113 Å². The third-order valence-electron chi connectivity index (χ3n) is 4.81. The maximum Gasteiger partial charge on any atom is 0.490 e. The maximum atomic E-state index is 13.9. The number of phenolic OH excluding ortho intramolecular Hbond substituents is 1. The van der Waals surface area contributed by atoms with Gasteiger partial charge in [-0.25, -0.2) is 9.18 Å². The Morgan fingerprint density at radius 1 is 1.30 bits per heavy atom. The average Bonchev–Trinajstić information content (AvgIpc) is 2.71. The van der Waals surface area contributed by atoms with E-state index in [9.17, 15) is 32.3 Å². The van der Waals surface area contributed by atoms with E-state index in [0.29, 0.717) is 0 Å². The third kappa shape index (κ3) is 5.26. The number of aliphatic hydroxyl groups is 1. The van der Waals surface area contributed by atoms with Crippen molar-refractivity contribution < 1.29 is 42.1 Å². The number of nitrogens with two attached hydrogens (primary N) is 1. The molecule has 1 aliphatic heterocycles. The zero-order chi connectivity index (χ0) is 22.8. The smallest absolute Gasteiger partial charge is 0.490 e. The predicted octanol–water partition coefficient (Wildman–Crippen LogP) is 2.54. The van der Waals surface area contributed by atoms with Crippen molar-refractivity contribution in [2.75, 3.05) is 19.7 Å². The van der Waals surface area contributed by atoms with Gasteiger partial charge in [-0.15, -0.1) is 0 Å². The average molecular weight is 477 g/mol. The summed E-state index contributed by atoms with van der Waals surface area (Å²) in [5, 5.41) is 18.5. The molecule has 1 amide bonds. The van der Waals surface area contributed by atoms with Gasteiger partial charge in [0.15, 0.2) is 11.6 Å². The Hall–Kier alpha value is -1.82. The molecule has 13 heteroatoms. The van der Waals surface area contributed by atoms with Crippen molar-refractivity contribution in [1.82, 2.24) is 4.90 Å². The Morgan fingerprint density at radius 2 is 1.87 bits per heavy atom. The highest BCUT2D eigenvalue weighted by Gasteiger charge is 2.44. The lowest BCUT2D eigenvalue weighted by Gasteiger charge is -2.36. The van der Waals surface area contributed by atoms with Crippen molar-refractivity contribution in [2.45, 2.75) is 31.2 Å². The molecule has 0 saturated carbocycles. The van der Waals surface area contributed by atoms with Crippen molar-refractivity contribution in [3.63, 3.8) is 0 Å². The normalized spacial score (nSPS) is 17.5. The zero-order valence-electron chi connectivity index (χ0n) is 15.3. The highest BCUT2D eigenvalue weighted by Crippen LogP contribution is 2.40. The van der Waals surface area contributed by atoms with Gasteiger partial charge in [0.05, 0.1) is 16.7 Å². The summed E-state index contributed by atoms with van der Waals surface area (Å²) < 4.78 is 54.9. The molecular weight excluding hydrogens is 459 g/mol. The van der Waals surface area contributed by atoms with Gasteiger partial charge < -0.3 is 25.6 Å². The number of ether oxygens (including phenoxy) is 1. The molecule has 1 aromatic rings. The molecule has 0 aliphatic carbocycles. The van der Waals surface area contributed by atoms with E-state index >= 15 is 0 Å². The van der Waals surface area contributed by atoms with Crippen molar-refractivity contribution in [1.29, 1.82) is 0 Å². The number of benzene rings is 1. The van der Waals surface area contributed by atoms with Gasteiger partial charge in [0.2, 0.25) is 6.10 Å². The molecule has 1 aliphatic rings. The van der Waals surface area contributed by atoms with Gasteiger partial charge in [-0.05, 0) is 24.8 Å². The molecule has 1 unspecified atom stereocenters. The predicted molar refractivity (Wildman–Crippen MR) is 97.3 cm³/mol. The first kappa shape index (κ1) is 24.4. The molecule has 0 radical (unpaired) electrons. The van der Waals surface area contributed by atoms with E-state index < -0.39 is 53.4 Å². The molecule has 0 bridgehead atoms. The molecule has 7 nitrogen and oxygen atoms in total. The number of amides is 1. The maximum absolute atomic E-state index is 13.9. The SMILES string of the molecule is NC(c1cc(Cl)c(Cl)c(F)c1O)C1CCN(C(=O)[C@@H](CO)OC(=O)C(F)(F)F)CC1. The summed E-state index contributed by atoms with van der Waals surface area (Å²) in [5.41, 5.74) is 6.14. The van der Waals surface area contributed by atoms with Crippen molar-refractivity contribution in [2.24, 2.45) is 11.7 Å². The summed E-state index contributed by atoms with van der Waals surface area (Å²) >= 11 is 11.5. The minimum Gasteiger partial charge on any atom is -0.505 e. The van der Waals surface area contributed by atoms with E-state index in [1.165, 1.54) is 6.07 Å². The number of carbonyl (C=O) groups is 2. The van der Waals surface area contributed by atoms with Crippen LogP contribution in [0.2, 0.25) is 10.0 Å². The Labute approximate surface area is 178 Å². The molecule has 1 aromatic carbocycles. The fourth-order valence-electron chi connectivity index (χ4n) is 3.16. The van der Waals surface area contributed by atoms with Gasteiger partial charge in [0.25, 0.3) is 5.91 Å². The Bertz CT molecular complexity index is 816. The number of aliphatic hydroxyl groups excluding tert-OH is 1. The van der Waals surface area contributed by atoms with E-state index in [2.05, 4.69) is 4.74 Å². The number of esters is 1. The molecule has 168 valence electrons. The zero-order valence-corrected chi connectivity index (χ0v) is 16.8. The van der Waals surface area contributed by atoms with E-state index in [-0.39, 0.29) is 42.4 Å². The number of aromatic hydroxyl groups is 1. The lowest BCUT2D eigenvalue weighted by atomic mass is 9.85. The second-order valence-electron chi connectivity index (χ2n) is 6.69. The van der Waals surface area contributed by atoms with E-state index in [4.69, 9.17) is 34.0 Å². The molecule has 1 saturated heterocycles. The van der Waals surface area contributed by atoms with Crippen LogP contribution in [0.15, 0.2) is 6.07 Å². The molecule has 1 fully saturated rings. The second kappa shape index (κ2) is 9.54. The number of rotatable bonds is 5. The van der Waals surface area contributed by atoms with Crippen LogP contribution < -0.4 is 5.73 Å². The minimum atomic E-state index is -5.30. The first-order valence-corrected chi connectivity index (χ1v) is 9.43. The monoisotopic (exact) mass is 476 g/mol. The number of alkyl halides is 3. The Balaban J connectivity index is 2.03. The van der Waals surface area contributed by atoms with Crippen LogP contribution in [0.1, 0.15) is 24.4 Å². The highest BCUT2D eigenvalue weighted by molar-refractivity contribution is 6.42. The molecule has 2 rings (SSSR count). The number of halogens is 6. The lowest BCUT2D eigenvalue weighted by Crippen LogP contribution is -2.48. The van der Waals surface area contributed by atoms with Gasteiger partial charge >= 0.3 is 12.1 Å². The standard InChI is InChI=1S/C17H18Cl2F4N2O5/c18-9-5-8(14(27)12(20)11(9)19)13(24)7-1-3-25(4-2-7)15(28)10(6-26)30-16(29)17(21,22)23/h5,7,10,13,26-27H,1-4,6,24H2/t10-,13?/m1/s1. The summed E-state index contributed by atoms with van der Waals surface area (Å²) in [6.45, 7) is -1.06. The fourth-order valence-corrected chi connectivity index (χ4v) is 3.50. The number of likely N-dealkylation sites (tertiary alicyclic amines) is 1. The highest BCUT2D eigenvalue weighted by atomic mass is 35.5.